The number of hydrogen-bond donors (Lipinski definition) is 1. The summed E-state index contributed by atoms with van der Waals surface area (Å²) in [5, 5.41) is 3.92. The highest BCUT2D eigenvalue weighted by Crippen LogP contribution is 2.27. The zero-order valence-electron chi connectivity index (χ0n) is 10.8. The molecule has 1 aromatic rings. The van der Waals surface area contributed by atoms with Gasteiger partial charge in [-0.15, -0.1) is 0 Å². The Kier molecular flexibility index (Phi) is 5.09. The SMILES string of the molecule is COc1ccc(NCCC(C)(C)OC)cc1Cl. The maximum atomic E-state index is 6.04. The van der Waals surface area contributed by atoms with Gasteiger partial charge in [0.1, 0.15) is 5.75 Å². The van der Waals surface area contributed by atoms with E-state index < -0.39 is 0 Å². The summed E-state index contributed by atoms with van der Waals surface area (Å²) in [6.45, 7) is 4.97. The molecule has 0 saturated heterocycles. The average molecular weight is 258 g/mol. The quantitative estimate of drug-likeness (QED) is 0.845. The van der Waals surface area contributed by atoms with E-state index in [1.807, 2.05) is 18.2 Å². The normalized spacial score (nSPS) is 11.4. The van der Waals surface area contributed by atoms with E-state index in [4.69, 9.17) is 21.1 Å². The van der Waals surface area contributed by atoms with Crippen LogP contribution in [0.1, 0.15) is 20.3 Å². The highest BCUT2D eigenvalue weighted by molar-refractivity contribution is 6.32. The molecule has 0 unspecified atom stereocenters. The van der Waals surface area contributed by atoms with Crippen molar-refractivity contribution in [1.82, 2.24) is 0 Å². The van der Waals surface area contributed by atoms with Gasteiger partial charge < -0.3 is 14.8 Å². The van der Waals surface area contributed by atoms with Crippen LogP contribution < -0.4 is 10.1 Å². The van der Waals surface area contributed by atoms with Crippen LogP contribution in [0.15, 0.2) is 18.2 Å². The molecule has 0 aromatic heterocycles. The molecule has 0 aliphatic heterocycles. The summed E-state index contributed by atoms with van der Waals surface area (Å²) in [5.41, 5.74) is 0.881. The lowest BCUT2D eigenvalue weighted by molar-refractivity contribution is 0.0185. The second-order valence-electron chi connectivity index (χ2n) is 4.49. The van der Waals surface area contributed by atoms with E-state index in [0.717, 1.165) is 18.7 Å². The minimum atomic E-state index is -0.108. The summed E-state index contributed by atoms with van der Waals surface area (Å²) in [7, 11) is 3.33. The molecule has 4 heteroatoms. The molecule has 0 aliphatic rings. The van der Waals surface area contributed by atoms with Gasteiger partial charge in [0.25, 0.3) is 0 Å². The van der Waals surface area contributed by atoms with Crippen molar-refractivity contribution in [2.24, 2.45) is 0 Å². The zero-order chi connectivity index (χ0) is 12.9. The molecule has 0 aliphatic carbocycles. The van der Waals surface area contributed by atoms with Gasteiger partial charge in [0.05, 0.1) is 17.7 Å². The molecule has 0 heterocycles. The minimum Gasteiger partial charge on any atom is -0.495 e. The molecule has 0 bridgehead atoms. The van der Waals surface area contributed by atoms with Gasteiger partial charge in [-0.1, -0.05) is 11.6 Å². The molecule has 0 fully saturated rings. The Morgan fingerprint density at radius 1 is 1.29 bits per heavy atom. The molecule has 0 atom stereocenters. The van der Waals surface area contributed by atoms with Crippen LogP contribution in [0.25, 0.3) is 0 Å². The van der Waals surface area contributed by atoms with E-state index in [9.17, 15) is 0 Å². The lowest BCUT2D eigenvalue weighted by Gasteiger charge is -2.23. The maximum absolute atomic E-state index is 6.04. The zero-order valence-corrected chi connectivity index (χ0v) is 11.6. The Morgan fingerprint density at radius 3 is 2.53 bits per heavy atom. The average Bonchev–Trinajstić information content (AvgIpc) is 2.29. The smallest absolute Gasteiger partial charge is 0.137 e. The number of anilines is 1. The van der Waals surface area contributed by atoms with Crippen molar-refractivity contribution in [2.75, 3.05) is 26.1 Å². The highest BCUT2D eigenvalue weighted by atomic mass is 35.5. The fourth-order valence-corrected chi connectivity index (χ4v) is 1.64. The summed E-state index contributed by atoms with van der Waals surface area (Å²) in [4.78, 5) is 0. The van der Waals surface area contributed by atoms with Gasteiger partial charge >= 0.3 is 0 Å². The van der Waals surface area contributed by atoms with Gasteiger partial charge in [-0.25, -0.2) is 0 Å². The number of benzene rings is 1. The summed E-state index contributed by atoms with van der Waals surface area (Å²) >= 11 is 6.04. The summed E-state index contributed by atoms with van der Waals surface area (Å²) in [6, 6.07) is 5.66. The molecule has 3 nitrogen and oxygen atoms in total. The first-order chi connectivity index (χ1) is 7.98. The van der Waals surface area contributed by atoms with Crippen molar-refractivity contribution in [3.8, 4) is 5.75 Å². The van der Waals surface area contributed by atoms with E-state index in [0.29, 0.717) is 10.8 Å². The number of methoxy groups -OCH3 is 2. The van der Waals surface area contributed by atoms with Crippen LogP contribution in [0.4, 0.5) is 5.69 Å². The predicted molar refractivity (Wildman–Crippen MR) is 72.2 cm³/mol. The number of ether oxygens (including phenoxy) is 2. The predicted octanol–water partition coefficient (Wildman–Crippen LogP) is 3.58. The van der Waals surface area contributed by atoms with Gasteiger partial charge in [0.2, 0.25) is 0 Å². The molecule has 0 amide bonds. The second kappa shape index (κ2) is 6.12. The summed E-state index contributed by atoms with van der Waals surface area (Å²) in [5.74, 6) is 0.689. The van der Waals surface area contributed by atoms with Crippen molar-refractivity contribution >= 4 is 17.3 Å². The van der Waals surface area contributed by atoms with Gasteiger partial charge in [0, 0.05) is 19.3 Å². The number of nitrogens with one attached hydrogen (secondary N) is 1. The van der Waals surface area contributed by atoms with Crippen molar-refractivity contribution < 1.29 is 9.47 Å². The third kappa shape index (κ3) is 4.44. The van der Waals surface area contributed by atoms with Crippen LogP contribution in [0.5, 0.6) is 5.75 Å². The van der Waals surface area contributed by atoms with Crippen LogP contribution in [0.2, 0.25) is 5.02 Å². The number of rotatable bonds is 6. The number of halogens is 1. The number of hydrogen-bond acceptors (Lipinski definition) is 3. The fourth-order valence-electron chi connectivity index (χ4n) is 1.39. The molecule has 1 rings (SSSR count). The molecule has 0 saturated carbocycles. The van der Waals surface area contributed by atoms with E-state index in [-0.39, 0.29) is 5.60 Å². The molecule has 96 valence electrons. The Bertz CT molecular complexity index is 366. The first kappa shape index (κ1) is 14.1. The largest absolute Gasteiger partial charge is 0.495 e. The molecule has 0 radical (unpaired) electrons. The van der Waals surface area contributed by atoms with E-state index in [2.05, 4.69) is 19.2 Å². The van der Waals surface area contributed by atoms with Gasteiger partial charge in [-0.05, 0) is 38.5 Å². The fraction of sp³-hybridized carbons (Fsp3) is 0.538. The maximum Gasteiger partial charge on any atom is 0.137 e. The van der Waals surface area contributed by atoms with Crippen molar-refractivity contribution in [1.29, 1.82) is 0 Å². The Labute approximate surface area is 108 Å². The topological polar surface area (TPSA) is 30.5 Å². The van der Waals surface area contributed by atoms with Crippen LogP contribution in [-0.2, 0) is 4.74 Å². The molecular formula is C13H20ClNO2. The van der Waals surface area contributed by atoms with E-state index in [1.165, 1.54) is 0 Å². The standard InChI is InChI=1S/C13H20ClNO2/c1-13(2,17-4)7-8-15-10-5-6-12(16-3)11(14)9-10/h5-6,9,15H,7-8H2,1-4H3. The van der Waals surface area contributed by atoms with Crippen molar-refractivity contribution in [3.05, 3.63) is 23.2 Å². The van der Waals surface area contributed by atoms with Crippen molar-refractivity contribution in [3.63, 3.8) is 0 Å². The van der Waals surface area contributed by atoms with E-state index >= 15 is 0 Å². The molecule has 1 aromatic carbocycles. The molecule has 0 spiro atoms. The Hall–Kier alpha value is -0.930. The first-order valence-electron chi connectivity index (χ1n) is 5.61. The lowest BCUT2D eigenvalue weighted by atomic mass is 10.1. The highest BCUT2D eigenvalue weighted by Gasteiger charge is 2.15. The van der Waals surface area contributed by atoms with Crippen molar-refractivity contribution in [2.45, 2.75) is 25.9 Å². The molecule has 1 N–H and O–H groups in total. The van der Waals surface area contributed by atoms with Crippen LogP contribution in [-0.4, -0.2) is 26.4 Å². The van der Waals surface area contributed by atoms with Crippen LogP contribution >= 0.6 is 11.6 Å². The Morgan fingerprint density at radius 2 is 2.00 bits per heavy atom. The third-order valence-corrected chi connectivity index (χ3v) is 3.06. The summed E-state index contributed by atoms with van der Waals surface area (Å²) < 4.78 is 10.4. The molecular weight excluding hydrogens is 238 g/mol. The van der Waals surface area contributed by atoms with Crippen LogP contribution in [0.3, 0.4) is 0 Å². The second-order valence-corrected chi connectivity index (χ2v) is 4.90. The monoisotopic (exact) mass is 257 g/mol. The summed E-state index contributed by atoms with van der Waals surface area (Å²) in [6.07, 6.45) is 0.924. The van der Waals surface area contributed by atoms with E-state index in [1.54, 1.807) is 14.2 Å². The first-order valence-corrected chi connectivity index (χ1v) is 5.99. The minimum absolute atomic E-state index is 0.108. The lowest BCUT2D eigenvalue weighted by Crippen LogP contribution is -2.25. The van der Waals surface area contributed by atoms with Gasteiger partial charge in [0.15, 0.2) is 0 Å². The third-order valence-electron chi connectivity index (χ3n) is 2.76. The molecule has 17 heavy (non-hydrogen) atoms. The van der Waals surface area contributed by atoms with Crippen LogP contribution in [0, 0.1) is 0 Å². The Balaban J connectivity index is 2.50. The van der Waals surface area contributed by atoms with Gasteiger partial charge in [-0.3, -0.25) is 0 Å². The van der Waals surface area contributed by atoms with Gasteiger partial charge in [-0.2, -0.15) is 0 Å².